The number of nitrogens with one attached hydrogen (secondary N) is 1. The van der Waals surface area contributed by atoms with Gasteiger partial charge in [0.05, 0.1) is 21.3 Å². The zero-order chi connectivity index (χ0) is 17.1. The highest BCUT2D eigenvalue weighted by Crippen LogP contribution is 2.32. The van der Waals surface area contributed by atoms with E-state index < -0.39 is 0 Å². The Morgan fingerprint density at radius 1 is 1.21 bits per heavy atom. The fourth-order valence-electron chi connectivity index (χ4n) is 2.27. The first kappa shape index (κ1) is 17.1. The molecule has 0 aliphatic heterocycles. The molecule has 0 bridgehead atoms. The molecule has 1 N–H and O–H groups in total. The number of thiophene rings is 1. The van der Waals surface area contributed by atoms with Gasteiger partial charge in [0, 0.05) is 5.38 Å². The van der Waals surface area contributed by atoms with Gasteiger partial charge < -0.3 is 5.32 Å². The molecule has 0 saturated carbocycles. The van der Waals surface area contributed by atoms with Gasteiger partial charge in [0.1, 0.15) is 0 Å². The van der Waals surface area contributed by atoms with Gasteiger partial charge in [-0.1, -0.05) is 49.7 Å². The highest BCUT2D eigenvalue weighted by Gasteiger charge is 2.10. The van der Waals surface area contributed by atoms with Crippen LogP contribution in [-0.4, -0.2) is 10.9 Å². The number of nitrogens with zero attached hydrogens (tertiary/aromatic N) is 1. The molecule has 3 rings (SSSR count). The van der Waals surface area contributed by atoms with Gasteiger partial charge in [-0.2, -0.15) is 0 Å². The summed E-state index contributed by atoms with van der Waals surface area (Å²) in [6.07, 6.45) is 0.345. The number of thiazole rings is 1. The molecule has 0 radical (unpaired) electrons. The summed E-state index contributed by atoms with van der Waals surface area (Å²) >= 11 is 8.84. The molecular formula is C18H17ClN2OS2. The van der Waals surface area contributed by atoms with Gasteiger partial charge in [0.15, 0.2) is 5.13 Å². The highest BCUT2D eigenvalue weighted by molar-refractivity contribution is 7.20. The Kier molecular flexibility index (Phi) is 5.33. The fraction of sp³-hybridized carbons (Fsp3) is 0.222. The lowest BCUT2D eigenvalue weighted by molar-refractivity contribution is -0.115. The zero-order valence-electron chi connectivity index (χ0n) is 13.4. The lowest BCUT2D eigenvalue weighted by atomic mass is 10.0. The average Bonchev–Trinajstić information content (AvgIpc) is 3.16. The van der Waals surface area contributed by atoms with E-state index >= 15 is 0 Å². The quantitative estimate of drug-likeness (QED) is 0.608. The number of anilines is 1. The summed E-state index contributed by atoms with van der Waals surface area (Å²) < 4.78 is 0.730. The molecule has 1 aromatic carbocycles. The number of carbonyl (C=O) groups excluding carboxylic acids is 1. The third-order valence-corrected chi connectivity index (χ3v) is 5.60. The molecule has 0 aliphatic carbocycles. The van der Waals surface area contributed by atoms with E-state index in [1.54, 1.807) is 0 Å². The minimum Gasteiger partial charge on any atom is -0.302 e. The maximum absolute atomic E-state index is 12.2. The van der Waals surface area contributed by atoms with Crippen LogP contribution in [0, 0.1) is 0 Å². The van der Waals surface area contributed by atoms with Crippen molar-refractivity contribution in [3.8, 4) is 10.6 Å². The average molecular weight is 377 g/mol. The van der Waals surface area contributed by atoms with E-state index in [2.05, 4.69) is 36.3 Å². The van der Waals surface area contributed by atoms with Gasteiger partial charge in [-0.05, 0) is 29.2 Å². The second-order valence-electron chi connectivity index (χ2n) is 5.76. The summed E-state index contributed by atoms with van der Waals surface area (Å²) in [4.78, 5) is 17.6. The normalized spacial score (nSPS) is 11.0. The van der Waals surface area contributed by atoms with Crippen LogP contribution >= 0.6 is 34.3 Å². The SMILES string of the molecule is CC(C)c1ccc(CC(=O)Nc2nc(-c3ccc(Cl)s3)cs2)cc1. The number of hydrogen-bond donors (Lipinski definition) is 1. The van der Waals surface area contributed by atoms with Crippen LogP contribution in [-0.2, 0) is 11.2 Å². The van der Waals surface area contributed by atoms with Crippen molar-refractivity contribution in [2.45, 2.75) is 26.2 Å². The zero-order valence-corrected chi connectivity index (χ0v) is 15.8. The van der Waals surface area contributed by atoms with Crippen LogP contribution in [0.2, 0.25) is 4.34 Å². The second kappa shape index (κ2) is 7.47. The Morgan fingerprint density at radius 3 is 2.58 bits per heavy atom. The van der Waals surface area contributed by atoms with Gasteiger partial charge in [-0.25, -0.2) is 4.98 Å². The molecule has 0 atom stereocenters. The molecule has 0 fully saturated rings. The van der Waals surface area contributed by atoms with Crippen molar-refractivity contribution in [2.75, 3.05) is 5.32 Å². The van der Waals surface area contributed by atoms with Crippen LogP contribution in [0.3, 0.4) is 0 Å². The Hall–Kier alpha value is -1.69. The predicted octanol–water partition coefficient (Wildman–Crippen LogP) is 5.83. The molecule has 2 aromatic heterocycles. The Morgan fingerprint density at radius 2 is 1.96 bits per heavy atom. The summed E-state index contributed by atoms with van der Waals surface area (Å²) in [7, 11) is 0. The highest BCUT2D eigenvalue weighted by atomic mass is 35.5. The number of rotatable bonds is 5. The molecular weight excluding hydrogens is 360 g/mol. The third-order valence-electron chi connectivity index (χ3n) is 3.59. The minimum atomic E-state index is -0.0580. The predicted molar refractivity (Wildman–Crippen MR) is 103 cm³/mol. The molecule has 2 heterocycles. The number of amides is 1. The van der Waals surface area contributed by atoms with Gasteiger partial charge in [0.25, 0.3) is 0 Å². The van der Waals surface area contributed by atoms with E-state index in [-0.39, 0.29) is 5.91 Å². The topological polar surface area (TPSA) is 42.0 Å². The van der Waals surface area contributed by atoms with Crippen LogP contribution in [0.15, 0.2) is 41.8 Å². The van der Waals surface area contributed by atoms with Crippen molar-refractivity contribution < 1.29 is 4.79 Å². The van der Waals surface area contributed by atoms with Crippen LogP contribution in [0.1, 0.15) is 30.9 Å². The van der Waals surface area contributed by atoms with Crippen molar-refractivity contribution in [3.05, 3.63) is 57.2 Å². The van der Waals surface area contributed by atoms with Crippen LogP contribution < -0.4 is 5.32 Å². The summed E-state index contributed by atoms with van der Waals surface area (Å²) in [5.41, 5.74) is 3.12. The van der Waals surface area contributed by atoms with E-state index in [0.29, 0.717) is 17.5 Å². The second-order valence-corrected chi connectivity index (χ2v) is 8.34. The number of halogens is 1. The smallest absolute Gasteiger partial charge is 0.230 e. The van der Waals surface area contributed by atoms with E-state index in [1.807, 2.05) is 29.6 Å². The van der Waals surface area contributed by atoms with Crippen LogP contribution in [0.5, 0.6) is 0 Å². The van der Waals surface area contributed by atoms with Gasteiger partial charge in [-0.15, -0.1) is 22.7 Å². The van der Waals surface area contributed by atoms with Gasteiger partial charge >= 0.3 is 0 Å². The lowest BCUT2D eigenvalue weighted by Gasteiger charge is -2.06. The Labute approximate surface area is 154 Å². The monoisotopic (exact) mass is 376 g/mol. The standard InChI is InChI=1S/C18H17ClN2OS2/c1-11(2)13-5-3-12(4-6-13)9-17(22)21-18-20-14(10-23-18)15-7-8-16(19)24-15/h3-8,10-11H,9H2,1-2H3,(H,20,21,22). The first-order valence-electron chi connectivity index (χ1n) is 7.61. The minimum absolute atomic E-state index is 0.0580. The van der Waals surface area contributed by atoms with Gasteiger partial charge in [-0.3, -0.25) is 4.79 Å². The maximum atomic E-state index is 12.2. The van der Waals surface area contributed by atoms with Crippen molar-refractivity contribution in [3.63, 3.8) is 0 Å². The molecule has 0 unspecified atom stereocenters. The number of hydrogen-bond acceptors (Lipinski definition) is 4. The fourth-order valence-corrected chi connectivity index (χ4v) is 4.07. The molecule has 24 heavy (non-hydrogen) atoms. The van der Waals surface area contributed by atoms with Crippen molar-refractivity contribution >= 4 is 45.3 Å². The van der Waals surface area contributed by atoms with E-state index in [4.69, 9.17) is 11.6 Å². The van der Waals surface area contributed by atoms with E-state index in [9.17, 15) is 4.79 Å². The van der Waals surface area contributed by atoms with E-state index in [0.717, 1.165) is 20.5 Å². The van der Waals surface area contributed by atoms with Crippen molar-refractivity contribution in [1.29, 1.82) is 0 Å². The molecule has 3 aromatic rings. The number of aromatic nitrogens is 1. The molecule has 124 valence electrons. The largest absolute Gasteiger partial charge is 0.302 e. The number of benzene rings is 1. The van der Waals surface area contributed by atoms with Gasteiger partial charge in [0.2, 0.25) is 5.91 Å². The maximum Gasteiger partial charge on any atom is 0.230 e. The third kappa shape index (κ3) is 4.23. The molecule has 6 heteroatoms. The molecule has 3 nitrogen and oxygen atoms in total. The van der Waals surface area contributed by atoms with Crippen molar-refractivity contribution in [1.82, 2.24) is 4.98 Å². The summed E-state index contributed by atoms with van der Waals surface area (Å²) in [5, 5.41) is 5.40. The van der Waals surface area contributed by atoms with Crippen LogP contribution in [0.4, 0.5) is 5.13 Å². The molecule has 1 amide bonds. The molecule has 0 saturated heterocycles. The summed E-state index contributed by atoms with van der Waals surface area (Å²) in [5.74, 6) is 0.435. The Balaban J connectivity index is 1.62. The van der Waals surface area contributed by atoms with E-state index in [1.165, 1.54) is 28.2 Å². The summed E-state index contributed by atoms with van der Waals surface area (Å²) in [6, 6.07) is 12.0. The first-order valence-corrected chi connectivity index (χ1v) is 9.68. The molecule has 0 spiro atoms. The Bertz CT molecular complexity index is 837. The van der Waals surface area contributed by atoms with Crippen LogP contribution in [0.25, 0.3) is 10.6 Å². The summed E-state index contributed by atoms with van der Waals surface area (Å²) in [6.45, 7) is 4.31. The first-order chi connectivity index (χ1) is 11.5. The molecule has 0 aliphatic rings. The lowest BCUT2D eigenvalue weighted by Crippen LogP contribution is -2.14. The van der Waals surface area contributed by atoms with Crippen molar-refractivity contribution in [2.24, 2.45) is 0 Å². The number of carbonyl (C=O) groups is 1.